The highest BCUT2D eigenvalue weighted by atomic mass is 35.5. The van der Waals surface area contributed by atoms with E-state index in [-0.39, 0.29) is 22.5 Å². The van der Waals surface area contributed by atoms with E-state index >= 15 is 0 Å². The van der Waals surface area contributed by atoms with Gasteiger partial charge in [0.05, 0.1) is 17.4 Å². The molecule has 6 heteroatoms. The fourth-order valence-electron chi connectivity index (χ4n) is 1.78. The number of nitrogens with zero attached hydrogens (tertiary/aromatic N) is 2. The van der Waals surface area contributed by atoms with Crippen LogP contribution in [0, 0.1) is 0 Å². The van der Waals surface area contributed by atoms with Crippen molar-refractivity contribution in [1.29, 1.82) is 0 Å². The number of phenolic OH excluding ortho intramolecular Hbond substituents is 1. The van der Waals surface area contributed by atoms with Crippen LogP contribution >= 0.6 is 11.6 Å². The van der Waals surface area contributed by atoms with E-state index in [1.165, 1.54) is 17.2 Å². The minimum atomic E-state index is -0.236. The lowest BCUT2D eigenvalue weighted by Crippen LogP contribution is -2.27. The maximum atomic E-state index is 12.3. The fraction of sp³-hybridized carbons (Fsp3) is 0.143. The van der Waals surface area contributed by atoms with E-state index in [2.05, 4.69) is 4.98 Å². The molecule has 0 unspecified atom stereocenters. The quantitative estimate of drug-likeness (QED) is 0.850. The van der Waals surface area contributed by atoms with Gasteiger partial charge in [0, 0.05) is 13.6 Å². The summed E-state index contributed by atoms with van der Waals surface area (Å²) in [6.07, 6.45) is 1.37. The van der Waals surface area contributed by atoms with Gasteiger partial charge in [0.2, 0.25) is 0 Å². The molecule has 0 atom stereocenters. The molecule has 2 rings (SSSR count). The molecule has 0 aliphatic carbocycles. The van der Waals surface area contributed by atoms with Crippen LogP contribution < -0.4 is 5.73 Å². The van der Waals surface area contributed by atoms with Crippen LogP contribution in [-0.2, 0) is 6.54 Å². The zero-order valence-corrected chi connectivity index (χ0v) is 11.6. The van der Waals surface area contributed by atoms with Crippen LogP contribution in [0.25, 0.3) is 0 Å². The zero-order chi connectivity index (χ0) is 14.7. The number of carbonyl (C=O) groups is 1. The number of benzene rings is 1. The maximum absolute atomic E-state index is 12.3. The van der Waals surface area contributed by atoms with Gasteiger partial charge in [-0.1, -0.05) is 23.7 Å². The lowest BCUT2D eigenvalue weighted by atomic mass is 10.1. The van der Waals surface area contributed by atoms with Gasteiger partial charge < -0.3 is 15.7 Å². The van der Waals surface area contributed by atoms with Crippen molar-refractivity contribution in [3.05, 3.63) is 52.8 Å². The number of hydrogen-bond donors (Lipinski definition) is 2. The van der Waals surface area contributed by atoms with Crippen LogP contribution in [0.2, 0.25) is 5.15 Å². The Morgan fingerprint density at radius 2 is 2.05 bits per heavy atom. The third-order valence-electron chi connectivity index (χ3n) is 2.83. The van der Waals surface area contributed by atoms with Gasteiger partial charge in [-0.2, -0.15) is 0 Å². The van der Waals surface area contributed by atoms with Crippen molar-refractivity contribution < 1.29 is 9.90 Å². The van der Waals surface area contributed by atoms with E-state index in [0.29, 0.717) is 12.1 Å². The van der Waals surface area contributed by atoms with E-state index in [1.807, 2.05) is 0 Å². The second-order valence-corrected chi connectivity index (χ2v) is 4.81. The Bertz CT molecular complexity index is 629. The van der Waals surface area contributed by atoms with Gasteiger partial charge in [0.1, 0.15) is 10.9 Å². The van der Waals surface area contributed by atoms with Gasteiger partial charge >= 0.3 is 0 Å². The van der Waals surface area contributed by atoms with Crippen molar-refractivity contribution in [3.63, 3.8) is 0 Å². The molecule has 1 aromatic carbocycles. The number of aromatic hydroxyl groups is 1. The molecular formula is C14H14ClN3O2. The Kier molecular flexibility index (Phi) is 4.10. The highest BCUT2D eigenvalue weighted by molar-refractivity contribution is 6.29. The monoisotopic (exact) mass is 291 g/mol. The number of anilines is 1. The summed E-state index contributed by atoms with van der Waals surface area (Å²) in [6, 6.07) is 8.10. The molecule has 0 radical (unpaired) electrons. The number of nitrogen functional groups attached to an aromatic ring is 1. The van der Waals surface area contributed by atoms with Crippen molar-refractivity contribution in [3.8, 4) is 5.75 Å². The predicted octanol–water partition coefficient (Wildman–Crippen LogP) is 2.29. The number of rotatable bonds is 3. The molecular weight excluding hydrogens is 278 g/mol. The van der Waals surface area contributed by atoms with E-state index in [0.717, 1.165) is 5.56 Å². The Hall–Kier alpha value is -2.27. The first-order valence-electron chi connectivity index (χ1n) is 5.92. The molecule has 0 spiro atoms. The Balaban J connectivity index is 2.16. The molecule has 1 aromatic heterocycles. The minimum Gasteiger partial charge on any atom is -0.508 e. The molecule has 0 saturated carbocycles. The van der Waals surface area contributed by atoms with Crippen LogP contribution in [0.4, 0.5) is 5.69 Å². The number of aromatic nitrogens is 1. The number of phenols is 1. The largest absolute Gasteiger partial charge is 0.508 e. The van der Waals surface area contributed by atoms with E-state index < -0.39 is 0 Å². The van der Waals surface area contributed by atoms with Crippen molar-refractivity contribution in [1.82, 2.24) is 9.88 Å². The van der Waals surface area contributed by atoms with Crippen molar-refractivity contribution in [2.45, 2.75) is 6.54 Å². The average molecular weight is 292 g/mol. The van der Waals surface area contributed by atoms with Crippen LogP contribution in [0.15, 0.2) is 36.5 Å². The average Bonchev–Trinajstić information content (AvgIpc) is 2.43. The molecule has 2 aromatic rings. The van der Waals surface area contributed by atoms with E-state index in [9.17, 15) is 9.90 Å². The first-order valence-corrected chi connectivity index (χ1v) is 6.29. The van der Waals surface area contributed by atoms with Gasteiger partial charge in [-0.25, -0.2) is 4.98 Å². The highest BCUT2D eigenvalue weighted by Crippen LogP contribution is 2.18. The first kappa shape index (κ1) is 14.1. The second kappa shape index (κ2) is 5.79. The number of nitrogens with two attached hydrogens (primary N) is 1. The number of carbonyl (C=O) groups excluding carboxylic acids is 1. The summed E-state index contributed by atoms with van der Waals surface area (Å²) < 4.78 is 0. The Morgan fingerprint density at radius 1 is 1.40 bits per heavy atom. The van der Waals surface area contributed by atoms with Crippen LogP contribution in [-0.4, -0.2) is 27.9 Å². The topological polar surface area (TPSA) is 79.5 Å². The number of hydrogen-bond acceptors (Lipinski definition) is 4. The maximum Gasteiger partial charge on any atom is 0.256 e. The molecule has 0 aliphatic rings. The van der Waals surface area contributed by atoms with E-state index in [1.54, 1.807) is 31.3 Å². The normalized spacial score (nSPS) is 10.3. The van der Waals surface area contributed by atoms with Crippen LogP contribution in [0.5, 0.6) is 5.75 Å². The second-order valence-electron chi connectivity index (χ2n) is 4.42. The molecule has 0 fully saturated rings. The molecule has 1 amide bonds. The van der Waals surface area contributed by atoms with Gasteiger partial charge in [-0.3, -0.25) is 4.79 Å². The molecule has 104 valence electrons. The number of amides is 1. The Labute approximate surface area is 121 Å². The van der Waals surface area contributed by atoms with Gasteiger partial charge in [0.25, 0.3) is 5.91 Å². The fourth-order valence-corrected chi connectivity index (χ4v) is 1.94. The van der Waals surface area contributed by atoms with E-state index in [4.69, 9.17) is 17.3 Å². The predicted molar refractivity (Wildman–Crippen MR) is 77.6 cm³/mol. The van der Waals surface area contributed by atoms with Gasteiger partial charge in [-0.15, -0.1) is 0 Å². The summed E-state index contributed by atoms with van der Waals surface area (Å²) in [7, 11) is 1.67. The third kappa shape index (κ3) is 3.19. The van der Waals surface area contributed by atoms with Crippen molar-refractivity contribution in [2.75, 3.05) is 12.8 Å². The van der Waals surface area contributed by atoms with Gasteiger partial charge in [-0.05, 0) is 23.8 Å². The zero-order valence-electron chi connectivity index (χ0n) is 10.9. The first-order chi connectivity index (χ1) is 9.47. The summed E-state index contributed by atoms with van der Waals surface area (Å²) in [5.74, 6) is -0.0484. The SMILES string of the molecule is CN(Cc1ccc(O)cc1)C(=O)c1cc(Cl)ncc1N. The summed E-state index contributed by atoms with van der Waals surface area (Å²) in [6.45, 7) is 0.401. The summed E-state index contributed by atoms with van der Waals surface area (Å²) >= 11 is 5.78. The minimum absolute atomic E-state index is 0.188. The number of pyridine rings is 1. The smallest absolute Gasteiger partial charge is 0.256 e. The third-order valence-corrected chi connectivity index (χ3v) is 3.04. The molecule has 20 heavy (non-hydrogen) atoms. The summed E-state index contributed by atoms with van der Waals surface area (Å²) in [4.78, 5) is 17.6. The lowest BCUT2D eigenvalue weighted by molar-refractivity contribution is 0.0786. The van der Waals surface area contributed by atoms with Crippen LogP contribution in [0.1, 0.15) is 15.9 Å². The summed E-state index contributed by atoms with van der Waals surface area (Å²) in [5.41, 5.74) is 7.25. The molecule has 5 nitrogen and oxygen atoms in total. The van der Waals surface area contributed by atoms with Crippen molar-refractivity contribution in [2.24, 2.45) is 0 Å². The van der Waals surface area contributed by atoms with Crippen molar-refractivity contribution >= 4 is 23.2 Å². The summed E-state index contributed by atoms with van der Waals surface area (Å²) in [5, 5.41) is 9.45. The molecule has 3 N–H and O–H groups in total. The molecule has 1 heterocycles. The standard InChI is InChI=1S/C14H14ClN3O2/c1-18(8-9-2-4-10(19)5-3-9)14(20)11-6-13(15)17-7-12(11)16/h2-7,19H,8,16H2,1H3. The Morgan fingerprint density at radius 3 is 2.70 bits per heavy atom. The van der Waals surface area contributed by atoms with Crippen LogP contribution in [0.3, 0.4) is 0 Å². The lowest BCUT2D eigenvalue weighted by Gasteiger charge is -2.18. The van der Waals surface area contributed by atoms with Gasteiger partial charge in [0.15, 0.2) is 0 Å². The molecule has 0 bridgehead atoms. The highest BCUT2D eigenvalue weighted by Gasteiger charge is 2.16. The number of halogens is 1. The molecule has 0 aliphatic heterocycles. The molecule has 0 saturated heterocycles.